The molecular weight excluding hydrogens is 234 g/mol. The van der Waals surface area contributed by atoms with Gasteiger partial charge in [-0.1, -0.05) is 12.1 Å². The first-order chi connectivity index (χ1) is 8.13. The predicted octanol–water partition coefficient (Wildman–Crippen LogP) is 2.57. The van der Waals surface area contributed by atoms with Crippen molar-refractivity contribution in [3.63, 3.8) is 0 Å². The Labute approximate surface area is 107 Å². The lowest BCUT2D eigenvalue weighted by Gasteiger charge is -2.16. The number of carboxylic acid groups (broad SMARTS) is 1. The summed E-state index contributed by atoms with van der Waals surface area (Å²) in [5, 5.41) is 8.79. The summed E-state index contributed by atoms with van der Waals surface area (Å²) in [4.78, 5) is 13.0. The van der Waals surface area contributed by atoms with Gasteiger partial charge in [-0.15, -0.1) is 0 Å². The van der Waals surface area contributed by atoms with Gasteiger partial charge in [0.2, 0.25) is 0 Å². The third-order valence-corrected chi connectivity index (χ3v) is 3.24. The summed E-state index contributed by atoms with van der Waals surface area (Å²) in [7, 11) is 2.09. The van der Waals surface area contributed by atoms with Gasteiger partial charge >= 0.3 is 5.97 Å². The van der Waals surface area contributed by atoms with Gasteiger partial charge in [0.15, 0.2) is 0 Å². The van der Waals surface area contributed by atoms with Gasteiger partial charge in [-0.25, -0.2) is 4.79 Å². The first kappa shape index (κ1) is 14.1. The van der Waals surface area contributed by atoms with E-state index in [0.29, 0.717) is 5.56 Å². The van der Waals surface area contributed by atoms with Gasteiger partial charge in [0, 0.05) is 6.54 Å². The molecule has 17 heavy (non-hydrogen) atoms. The smallest absolute Gasteiger partial charge is 0.335 e. The van der Waals surface area contributed by atoms with Crippen molar-refractivity contribution in [2.75, 3.05) is 25.6 Å². The molecule has 0 radical (unpaired) electrons. The van der Waals surface area contributed by atoms with E-state index < -0.39 is 5.97 Å². The van der Waals surface area contributed by atoms with Crippen molar-refractivity contribution < 1.29 is 9.90 Å². The van der Waals surface area contributed by atoms with Gasteiger partial charge in [-0.3, -0.25) is 0 Å². The van der Waals surface area contributed by atoms with Crippen molar-refractivity contribution in [1.29, 1.82) is 0 Å². The maximum absolute atomic E-state index is 10.7. The Morgan fingerprint density at radius 1 is 1.35 bits per heavy atom. The minimum atomic E-state index is -0.870. The van der Waals surface area contributed by atoms with E-state index in [4.69, 9.17) is 5.11 Å². The van der Waals surface area contributed by atoms with Gasteiger partial charge in [-0.2, -0.15) is 11.8 Å². The first-order valence-corrected chi connectivity index (χ1v) is 7.02. The van der Waals surface area contributed by atoms with Crippen LogP contribution in [0.3, 0.4) is 0 Å². The molecular formula is C13H19NO2S. The molecule has 0 aliphatic rings. The van der Waals surface area contributed by atoms with E-state index in [1.165, 1.54) is 12.2 Å². The third kappa shape index (κ3) is 5.24. The highest BCUT2D eigenvalue weighted by molar-refractivity contribution is 7.98. The topological polar surface area (TPSA) is 40.5 Å². The van der Waals surface area contributed by atoms with Crippen LogP contribution in [0.4, 0.5) is 0 Å². The molecule has 1 N–H and O–H groups in total. The highest BCUT2D eigenvalue weighted by Crippen LogP contribution is 2.07. The molecule has 1 aromatic carbocycles. The number of thioether (sulfide) groups is 1. The molecule has 94 valence electrons. The van der Waals surface area contributed by atoms with Crippen molar-refractivity contribution in [2.45, 2.75) is 13.0 Å². The molecule has 0 aliphatic carbocycles. The van der Waals surface area contributed by atoms with Crippen LogP contribution in [0.2, 0.25) is 0 Å². The minimum Gasteiger partial charge on any atom is -0.478 e. The highest BCUT2D eigenvalue weighted by Gasteiger charge is 2.03. The van der Waals surface area contributed by atoms with Crippen molar-refractivity contribution >= 4 is 17.7 Å². The van der Waals surface area contributed by atoms with E-state index in [1.54, 1.807) is 12.1 Å². The minimum absolute atomic E-state index is 0.346. The molecule has 0 aromatic heterocycles. The molecule has 0 fully saturated rings. The molecule has 0 saturated heterocycles. The van der Waals surface area contributed by atoms with Crippen LogP contribution in [0.25, 0.3) is 0 Å². The van der Waals surface area contributed by atoms with Gasteiger partial charge < -0.3 is 10.0 Å². The summed E-state index contributed by atoms with van der Waals surface area (Å²) in [5.41, 5.74) is 1.50. The second kappa shape index (κ2) is 7.35. The van der Waals surface area contributed by atoms with Crippen LogP contribution < -0.4 is 0 Å². The second-order valence-corrected chi connectivity index (χ2v) is 5.07. The van der Waals surface area contributed by atoms with E-state index in [-0.39, 0.29) is 0 Å². The lowest BCUT2D eigenvalue weighted by atomic mass is 10.1. The zero-order valence-electron chi connectivity index (χ0n) is 10.3. The van der Waals surface area contributed by atoms with Crippen molar-refractivity contribution in [2.24, 2.45) is 0 Å². The van der Waals surface area contributed by atoms with Gasteiger partial charge in [0.25, 0.3) is 0 Å². The van der Waals surface area contributed by atoms with E-state index in [1.807, 2.05) is 23.9 Å². The number of rotatable bonds is 7. The number of aromatic carboxylic acids is 1. The third-order valence-electron chi connectivity index (χ3n) is 2.54. The number of carboxylic acids is 1. The Morgan fingerprint density at radius 2 is 2.00 bits per heavy atom. The lowest BCUT2D eigenvalue weighted by molar-refractivity contribution is 0.0697. The van der Waals surface area contributed by atoms with Crippen molar-refractivity contribution in [3.05, 3.63) is 35.4 Å². The summed E-state index contributed by atoms with van der Waals surface area (Å²) >= 11 is 1.86. The Morgan fingerprint density at radius 3 is 2.53 bits per heavy atom. The molecule has 1 aromatic rings. The Bertz CT molecular complexity index is 351. The zero-order chi connectivity index (χ0) is 12.7. The van der Waals surface area contributed by atoms with Crippen molar-refractivity contribution in [1.82, 2.24) is 4.90 Å². The number of hydrogen-bond acceptors (Lipinski definition) is 3. The lowest BCUT2D eigenvalue weighted by Crippen LogP contribution is -2.19. The fourth-order valence-corrected chi connectivity index (χ4v) is 2.04. The molecule has 1 rings (SSSR count). The summed E-state index contributed by atoms with van der Waals surface area (Å²) in [6, 6.07) is 7.09. The SMILES string of the molecule is CSCCCN(C)Cc1ccc(C(=O)O)cc1. The van der Waals surface area contributed by atoms with E-state index in [9.17, 15) is 4.79 Å². The van der Waals surface area contributed by atoms with E-state index >= 15 is 0 Å². The quantitative estimate of drug-likeness (QED) is 0.758. The van der Waals surface area contributed by atoms with Gasteiger partial charge in [0.05, 0.1) is 5.56 Å². The maximum atomic E-state index is 10.7. The monoisotopic (exact) mass is 253 g/mol. The average molecular weight is 253 g/mol. The molecule has 0 spiro atoms. The fraction of sp³-hybridized carbons (Fsp3) is 0.462. The average Bonchev–Trinajstić information content (AvgIpc) is 2.30. The molecule has 0 bridgehead atoms. The van der Waals surface area contributed by atoms with Crippen LogP contribution in [0.5, 0.6) is 0 Å². The Hall–Kier alpha value is -1.00. The molecule has 0 unspecified atom stereocenters. The maximum Gasteiger partial charge on any atom is 0.335 e. The highest BCUT2D eigenvalue weighted by atomic mass is 32.2. The van der Waals surface area contributed by atoms with Crippen molar-refractivity contribution in [3.8, 4) is 0 Å². The Balaban J connectivity index is 2.43. The van der Waals surface area contributed by atoms with Crippen LogP contribution in [-0.4, -0.2) is 41.6 Å². The molecule has 0 saturated carbocycles. The van der Waals surface area contributed by atoms with Crippen LogP contribution in [0.15, 0.2) is 24.3 Å². The van der Waals surface area contributed by atoms with Crippen LogP contribution >= 0.6 is 11.8 Å². The second-order valence-electron chi connectivity index (χ2n) is 4.09. The molecule has 0 amide bonds. The molecule has 0 heterocycles. The predicted molar refractivity (Wildman–Crippen MR) is 72.7 cm³/mol. The molecule has 4 heteroatoms. The summed E-state index contributed by atoms with van der Waals surface area (Å²) < 4.78 is 0. The molecule has 3 nitrogen and oxygen atoms in total. The van der Waals surface area contributed by atoms with E-state index in [2.05, 4.69) is 18.2 Å². The fourth-order valence-electron chi connectivity index (χ4n) is 1.62. The number of carbonyl (C=O) groups is 1. The normalized spacial score (nSPS) is 10.8. The zero-order valence-corrected chi connectivity index (χ0v) is 11.2. The molecule has 0 aliphatic heterocycles. The van der Waals surface area contributed by atoms with Gasteiger partial charge in [0.1, 0.15) is 0 Å². The van der Waals surface area contributed by atoms with E-state index in [0.717, 1.165) is 18.7 Å². The van der Waals surface area contributed by atoms with Crippen LogP contribution in [0, 0.1) is 0 Å². The van der Waals surface area contributed by atoms with Gasteiger partial charge in [-0.05, 0) is 49.7 Å². The largest absolute Gasteiger partial charge is 0.478 e. The summed E-state index contributed by atoms with van der Waals surface area (Å²) in [6.45, 7) is 1.94. The standard InChI is InChI=1S/C13H19NO2S/c1-14(8-3-9-17-2)10-11-4-6-12(7-5-11)13(15)16/h4-7H,3,8-10H2,1-2H3,(H,15,16). The first-order valence-electron chi connectivity index (χ1n) is 5.63. The Kier molecular flexibility index (Phi) is 6.08. The number of hydrogen-bond donors (Lipinski definition) is 1. The summed E-state index contributed by atoms with van der Waals surface area (Å²) in [6.07, 6.45) is 3.30. The van der Waals surface area contributed by atoms with Crippen LogP contribution in [-0.2, 0) is 6.54 Å². The number of benzene rings is 1. The molecule has 0 atom stereocenters. The number of nitrogens with zero attached hydrogens (tertiary/aromatic N) is 1. The van der Waals surface area contributed by atoms with Crippen LogP contribution in [0.1, 0.15) is 22.3 Å². The summed E-state index contributed by atoms with van der Waals surface area (Å²) in [5.74, 6) is 0.312.